The summed E-state index contributed by atoms with van der Waals surface area (Å²) in [4.78, 5) is 1.56. The standard InChI is InChI=1S/C7H13N5O/c1-2-12-10-7(9-11-12)6-5-8-3-4-13-6/h6,8H,2-5H2,1H3. The summed E-state index contributed by atoms with van der Waals surface area (Å²) in [6.45, 7) is 5.11. The zero-order chi connectivity index (χ0) is 9.10. The van der Waals surface area contributed by atoms with Crippen molar-refractivity contribution in [1.29, 1.82) is 0 Å². The van der Waals surface area contributed by atoms with Gasteiger partial charge in [-0.25, -0.2) is 0 Å². The van der Waals surface area contributed by atoms with Crippen molar-refractivity contribution < 1.29 is 4.74 Å². The molecule has 0 amide bonds. The molecule has 1 aliphatic heterocycles. The Labute approximate surface area is 76.3 Å². The molecule has 0 bridgehead atoms. The van der Waals surface area contributed by atoms with Crippen LogP contribution in [0.5, 0.6) is 0 Å². The predicted octanol–water partition coefficient (Wildman–Crippen LogP) is -0.646. The van der Waals surface area contributed by atoms with Gasteiger partial charge in [0.05, 0.1) is 13.2 Å². The third-order valence-electron chi connectivity index (χ3n) is 1.97. The van der Waals surface area contributed by atoms with Gasteiger partial charge in [0.2, 0.25) is 5.82 Å². The van der Waals surface area contributed by atoms with Crippen LogP contribution in [0.3, 0.4) is 0 Å². The third-order valence-corrected chi connectivity index (χ3v) is 1.97. The van der Waals surface area contributed by atoms with Gasteiger partial charge < -0.3 is 10.1 Å². The zero-order valence-corrected chi connectivity index (χ0v) is 7.60. The van der Waals surface area contributed by atoms with E-state index in [9.17, 15) is 0 Å². The maximum absolute atomic E-state index is 5.48. The van der Waals surface area contributed by atoms with Gasteiger partial charge in [-0.15, -0.1) is 10.2 Å². The molecule has 1 aromatic heterocycles. The summed E-state index contributed by atoms with van der Waals surface area (Å²) in [5.74, 6) is 0.675. The number of hydrogen-bond acceptors (Lipinski definition) is 5. The van der Waals surface area contributed by atoms with Crippen LogP contribution in [0.4, 0.5) is 0 Å². The second kappa shape index (κ2) is 3.80. The molecular formula is C7H13N5O. The SMILES string of the molecule is CCn1nnc(C2CNCCO2)n1. The molecule has 6 nitrogen and oxygen atoms in total. The number of ether oxygens (including phenoxy) is 1. The van der Waals surface area contributed by atoms with Gasteiger partial charge >= 0.3 is 0 Å². The van der Waals surface area contributed by atoms with Crippen LogP contribution in [-0.4, -0.2) is 39.9 Å². The molecule has 0 spiro atoms. The topological polar surface area (TPSA) is 64.9 Å². The number of tetrazole rings is 1. The molecule has 1 N–H and O–H groups in total. The molecule has 2 heterocycles. The van der Waals surface area contributed by atoms with Gasteiger partial charge in [-0.05, 0) is 12.1 Å². The Hall–Kier alpha value is -1.01. The normalized spacial score (nSPS) is 23.3. The number of morpholine rings is 1. The highest BCUT2D eigenvalue weighted by Crippen LogP contribution is 2.12. The first kappa shape index (κ1) is 8.58. The molecular weight excluding hydrogens is 170 g/mol. The van der Waals surface area contributed by atoms with Gasteiger partial charge in [0.25, 0.3) is 0 Å². The van der Waals surface area contributed by atoms with Crippen molar-refractivity contribution in [3.05, 3.63) is 5.82 Å². The quantitative estimate of drug-likeness (QED) is 0.660. The van der Waals surface area contributed by atoms with E-state index in [-0.39, 0.29) is 6.10 Å². The summed E-state index contributed by atoms with van der Waals surface area (Å²) >= 11 is 0. The lowest BCUT2D eigenvalue weighted by atomic mass is 10.3. The van der Waals surface area contributed by atoms with Crippen molar-refractivity contribution in [2.24, 2.45) is 0 Å². The highest BCUT2D eigenvalue weighted by Gasteiger charge is 2.20. The number of hydrogen-bond donors (Lipinski definition) is 1. The van der Waals surface area contributed by atoms with Crippen molar-refractivity contribution in [3.63, 3.8) is 0 Å². The molecule has 13 heavy (non-hydrogen) atoms. The number of rotatable bonds is 2. The van der Waals surface area contributed by atoms with E-state index in [1.165, 1.54) is 0 Å². The van der Waals surface area contributed by atoms with E-state index in [2.05, 4.69) is 20.7 Å². The monoisotopic (exact) mass is 183 g/mol. The van der Waals surface area contributed by atoms with Gasteiger partial charge in [0.1, 0.15) is 6.10 Å². The second-order valence-electron chi connectivity index (χ2n) is 2.90. The van der Waals surface area contributed by atoms with Crippen LogP contribution >= 0.6 is 0 Å². The first-order valence-electron chi connectivity index (χ1n) is 4.50. The third kappa shape index (κ3) is 1.84. The minimum absolute atomic E-state index is 0.0333. The summed E-state index contributed by atoms with van der Waals surface area (Å²) in [5, 5.41) is 15.2. The van der Waals surface area contributed by atoms with E-state index in [1.54, 1.807) is 4.80 Å². The number of nitrogens with one attached hydrogen (secondary N) is 1. The smallest absolute Gasteiger partial charge is 0.204 e. The van der Waals surface area contributed by atoms with Crippen LogP contribution in [0, 0.1) is 0 Å². The Morgan fingerprint density at radius 3 is 3.23 bits per heavy atom. The molecule has 1 saturated heterocycles. The molecule has 6 heteroatoms. The van der Waals surface area contributed by atoms with E-state index in [0.717, 1.165) is 19.6 Å². The summed E-state index contributed by atoms with van der Waals surface area (Å²) < 4.78 is 5.48. The molecule has 1 atom stereocenters. The summed E-state index contributed by atoms with van der Waals surface area (Å²) in [6.07, 6.45) is -0.0333. The van der Waals surface area contributed by atoms with Crippen molar-refractivity contribution in [2.45, 2.75) is 19.6 Å². The molecule has 72 valence electrons. The Bertz CT molecular complexity index is 268. The number of aryl methyl sites for hydroxylation is 1. The predicted molar refractivity (Wildman–Crippen MR) is 45.1 cm³/mol. The summed E-state index contributed by atoms with van der Waals surface area (Å²) in [7, 11) is 0. The van der Waals surface area contributed by atoms with Crippen LogP contribution < -0.4 is 5.32 Å². The summed E-state index contributed by atoms with van der Waals surface area (Å²) in [6, 6.07) is 0. The average Bonchev–Trinajstić information content (AvgIpc) is 2.67. The Balaban J connectivity index is 2.05. The highest BCUT2D eigenvalue weighted by atomic mass is 16.5. The van der Waals surface area contributed by atoms with Gasteiger partial charge in [-0.3, -0.25) is 0 Å². The van der Waals surface area contributed by atoms with E-state index < -0.39 is 0 Å². The van der Waals surface area contributed by atoms with E-state index >= 15 is 0 Å². The lowest BCUT2D eigenvalue weighted by Crippen LogP contribution is -2.33. The largest absolute Gasteiger partial charge is 0.367 e. The Kier molecular flexibility index (Phi) is 2.51. The Morgan fingerprint density at radius 2 is 2.62 bits per heavy atom. The lowest BCUT2D eigenvalue weighted by molar-refractivity contribution is 0.0219. The average molecular weight is 183 g/mol. The van der Waals surface area contributed by atoms with E-state index in [1.807, 2.05) is 6.92 Å². The first-order chi connectivity index (χ1) is 6.40. The number of nitrogens with zero attached hydrogens (tertiary/aromatic N) is 4. The maximum Gasteiger partial charge on any atom is 0.204 e. The fourth-order valence-corrected chi connectivity index (χ4v) is 1.25. The second-order valence-corrected chi connectivity index (χ2v) is 2.90. The molecule has 1 fully saturated rings. The van der Waals surface area contributed by atoms with Gasteiger partial charge in [-0.1, -0.05) is 0 Å². The van der Waals surface area contributed by atoms with Crippen molar-refractivity contribution in [2.75, 3.05) is 19.7 Å². The highest BCUT2D eigenvalue weighted by molar-refractivity contribution is 4.88. The van der Waals surface area contributed by atoms with Gasteiger partial charge in [0, 0.05) is 13.1 Å². The fourth-order valence-electron chi connectivity index (χ4n) is 1.25. The first-order valence-corrected chi connectivity index (χ1v) is 4.50. The molecule has 1 aliphatic rings. The summed E-state index contributed by atoms with van der Waals surface area (Å²) in [5.41, 5.74) is 0. The maximum atomic E-state index is 5.48. The van der Waals surface area contributed by atoms with Crippen molar-refractivity contribution in [1.82, 2.24) is 25.5 Å². The fraction of sp³-hybridized carbons (Fsp3) is 0.857. The van der Waals surface area contributed by atoms with Crippen molar-refractivity contribution in [3.8, 4) is 0 Å². The molecule has 2 rings (SSSR count). The van der Waals surface area contributed by atoms with Crippen LogP contribution in [-0.2, 0) is 11.3 Å². The molecule has 0 radical (unpaired) electrons. The van der Waals surface area contributed by atoms with Crippen LogP contribution in [0.1, 0.15) is 18.9 Å². The molecule has 0 saturated carbocycles. The van der Waals surface area contributed by atoms with Gasteiger partial charge in [-0.2, -0.15) is 4.80 Å². The molecule has 1 unspecified atom stereocenters. The lowest BCUT2D eigenvalue weighted by Gasteiger charge is -2.20. The minimum atomic E-state index is -0.0333. The number of aromatic nitrogens is 4. The minimum Gasteiger partial charge on any atom is -0.367 e. The zero-order valence-electron chi connectivity index (χ0n) is 7.60. The van der Waals surface area contributed by atoms with E-state index in [0.29, 0.717) is 12.4 Å². The van der Waals surface area contributed by atoms with Crippen LogP contribution in [0.15, 0.2) is 0 Å². The Morgan fingerprint density at radius 1 is 1.69 bits per heavy atom. The van der Waals surface area contributed by atoms with Crippen LogP contribution in [0.25, 0.3) is 0 Å². The molecule has 1 aromatic rings. The van der Waals surface area contributed by atoms with Crippen molar-refractivity contribution >= 4 is 0 Å². The van der Waals surface area contributed by atoms with Crippen LogP contribution in [0.2, 0.25) is 0 Å². The van der Waals surface area contributed by atoms with E-state index in [4.69, 9.17) is 4.74 Å². The molecule has 0 aromatic carbocycles. The molecule has 0 aliphatic carbocycles. The van der Waals surface area contributed by atoms with Gasteiger partial charge in [0.15, 0.2) is 0 Å².